The Balaban J connectivity index is 1.83. The molecule has 3 rings (SSSR count). The number of ether oxygens (including phenoxy) is 2. The Morgan fingerprint density at radius 3 is 2.56 bits per heavy atom. The van der Waals surface area contributed by atoms with Gasteiger partial charge in [0.15, 0.2) is 0 Å². The molecular formula is C20H20FNO5. The van der Waals surface area contributed by atoms with Crippen LogP contribution in [-0.2, 0) is 9.53 Å². The summed E-state index contributed by atoms with van der Waals surface area (Å²) < 4.78 is 25.0. The summed E-state index contributed by atoms with van der Waals surface area (Å²) in [5.41, 5.74) is 1.35. The van der Waals surface area contributed by atoms with Crippen LogP contribution in [0.15, 0.2) is 42.5 Å². The Bertz CT molecular complexity index is 837. The number of halogens is 1. The van der Waals surface area contributed by atoms with Gasteiger partial charge in [0, 0.05) is 6.54 Å². The molecule has 2 aromatic carbocycles. The van der Waals surface area contributed by atoms with Crippen molar-refractivity contribution in [1.82, 2.24) is 4.90 Å². The lowest BCUT2D eigenvalue weighted by molar-refractivity contribution is -0.139. The second-order valence-corrected chi connectivity index (χ2v) is 6.25. The van der Waals surface area contributed by atoms with Crippen LogP contribution in [0.5, 0.6) is 5.75 Å². The first kappa shape index (κ1) is 18.8. The SMILES string of the molecule is COc1ccc(-c2ccc(C(=O)N3CCOCC3CC(=O)O)c(F)c2)cc1. The van der Waals surface area contributed by atoms with Gasteiger partial charge in [0.05, 0.1) is 38.3 Å². The molecule has 2 aromatic rings. The van der Waals surface area contributed by atoms with Crippen molar-refractivity contribution in [2.45, 2.75) is 12.5 Å². The molecule has 0 bridgehead atoms. The molecule has 1 heterocycles. The van der Waals surface area contributed by atoms with E-state index in [2.05, 4.69) is 0 Å². The van der Waals surface area contributed by atoms with Gasteiger partial charge < -0.3 is 19.5 Å². The number of rotatable bonds is 5. The minimum Gasteiger partial charge on any atom is -0.497 e. The first-order valence-corrected chi connectivity index (χ1v) is 8.54. The van der Waals surface area contributed by atoms with Crippen LogP contribution in [0, 0.1) is 5.82 Å². The minimum absolute atomic E-state index is 0.0791. The van der Waals surface area contributed by atoms with Crippen LogP contribution in [0.3, 0.4) is 0 Å². The molecule has 0 saturated carbocycles. The number of benzene rings is 2. The van der Waals surface area contributed by atoms with Crippen LogP contribution >= 0.6 is 0 Å². The first-order valence-electron chi connectivity index (χ1n) is 8.54. The van der Waals surface area contributed by atoms with Gasteiger partial charge in [-0.3, -0.25) is 9.59 Å². The molecule has 1 unspecified atom stereocenters. The molecule has 0 radical (unpaired) electrons. The zero-order valence-corrected chi connectivity index (χ0v) is 14.9. The second kappa shape index (κ2) is 8.18. The van der Waals surface area contributed by atoms with Crippen LogP contribution < -0.4 is 4.74 Å². The fourth-order valence-corrected chi connectivity index (χ4v) is 3.10. The number of amides is 1. The van der Waals surface area contributed by atoms with E-state index in [0.29, 0.717) is 17.9 Å². The highest BCUT2D eigenvalue weighted by Crippen LogP contribution is 2.25. The highest BCUT2D eigenvalue weighted by atomic mass is 19.1. The summed E-state index contributed by atoms with van der Waals surface area (Å²) in [7, 11) is 1.57. The summed E-state index contributed by atoms with van der Waals surface area (Å²) in [6, 6.07) is 11.0. The van der Waals surface area contributed by atoms with E-state index in [4.69, 9.17) is 14.6 Å². The summed E-state index contributed by atoms with van der Waals surface area (Å²) in [6.07, 6.45) is -0.239. The number of carboxylic acids is 1. The molecule has 0 aromatic heterocycles. The highest BCUT2D eigenvalue weighted by Gasteiger charge is 2.31. The maximum Gasteiger partial charge on any atom is 0.305 e. The van der Waals surface area contributed by atoms with Gasteiger partial charge in [-0.15, -0.1) is 0 Å². The van der Waals surface area contributed by atoms with Crippen molar-refractivity contribution < 1.29 is 28.6 Å². The zero-order valence-electron chi connectivity index (χ0n) is 14.9. The predicted molar refractivity (Wildman–Crippen MR) is 96.3 cm³/mol. The van der Waals surface area contributed by atoms with E-state index in [1.807, 2.05) is 0 Å². The zero-order chi connectivity index (χ0) is 19.4. The molecule has 1 aliphatic rings. The summed E-state index contributed by atoms with van der Waals surface area (Å²) in [4.78, 5) is 25.2. The lowest BCUT2D eigenvalue weighted by Crippen LogP contribution is -2.49. The van der Waals surface area contributed by atoms with Gasteiger partial charge in [-0.1, -0.05) is 18.2 Å². The standard InChI is InChI=1S/C20H20FNO5/c1-26-16-5-2-13(3-6-16)14-4-7-17(18(21)10-14)20(25)22-8-9-27-12-15(22)11-19(23)24/h2-7,10,15H,8-9,11-12H2,1H3,(H,23,24). The number of hydrogen-bond acceptors (Lipinski definition) is 4. The van der Waals surface area contributed by atoms with E-state index < -0.39 is 23.7 Å². The molecule has 6 nitrogen and oxygen atoms in total. The topological polar surface area (TPSA) is 76.1 Å². The average Bonchev–Trinajstić information content (AvgIpc) is 2.67. The molecule has 1 aliphatic heterocycles. The van der Waals surface area contributed by atoms with Crippen molar-refractivity contribution in [2.75, 3.05) is 26.9 Å². The van der Waals surface area contributed by atoms with Gasteiger partial charge in [0.1, 0.15) is 11.6 Å². The molecule has 1 atom stereocenters. The van der Waals surface area contributed by atoms with Crippen molar-refractivity contribution in [3.8, 4) is 16.9 Å². The molecule has 1 amide bonds. The van der Waals surface area contributed by atoms with Gasteiger partial charge in [0.25, 0.3) is 5.91 Å². The third-order valence-electron chi connectivity index (χ3n) is 4.52. The summed E-state index contributed by atoms with van der Waals surface area (Å²) in [5, 5.41) is 9.01. The monoisotopic (exact) mass is 373 g/mol. The second-order valence-electron chi connectivity index (χ2n) is 6.25. The summed E-state index contributed by atoms with van der Waals surface area (Å²) in [6.45, 7) is 0.660. The molecule has 142 valence electrons. The Kier molecular flexibility index (Phi) is 5.71. The lowest BCUT2D eigenvalue weighted by atomic mass is 10.0. The number of hydrogen-bond donors (Lipinski definition) is 1. The minimum atomic E-state index is -1.03. The highest BCUT2D eigenvalue weighted by molar-refractivity contribution is 5.95. The average molecular weight is 373 g/mol. The number of carbonyl (C=O) groups excluding carboxylic acids is 1. The van der Waals surface area contributed by atoms with Crippen molar-refractivity contribution in [3.63, 3.8) is 0 Å². The van der Waals surface area contributed by atoms with Crippen LogP contribution in [0.1, 0.15) is 16.8 Å². The van der Waals surface area contributed by atoms with Gasteiger partial charge in [-0.25, -0.2) is 4.39 Å². The Labute approximate surface area is 156 Å². The number of carboxylic acid groups (broad SMARTS) is 1. The summed E-state index contributed by atoms with van der Waals surface area (Å²) >= 11 is 0. The van der Waals surface area contributed by atoms with Gasteiger partial charge in [0.2, 0.25) is 0 Å². The van der Waals surface area contributed by atoms with Crippen molar-refractivity contribution >= 4 is 11.9 Å². The first-order chi connectivity index (χ1) is 13.0. The summed E-state index contributed by atoms with van der Waals surface area (Å²) in [5.74, 6) is -1.50. The van der Waals surface area contributed by atoms with Gasteiger partial charge >= 0.3 is 5.97 Å². The van der Waals surface area contributed by atoms with Crippen LogP contribution in [0.4, 0.5) is 4.39 Å². The van der Waals surface area contributed by atoms with Crippen LogP contribution in [0.25, 0.3) is 11.1 Å². The van der Waals surface area contributed by atoms with E-state index in [9.17, 15) is 14.0 Å². The number of nitrogens with zero attached hydrogens (tertiary/aromatic N) is 1. The van der Waals surface area contributed by atoms with Gasteiger partial charge in [-0.2, -0.15) is 0 Å². The third kappa shape index (κ3) is 4.25. The predicted octanol–water partition coefficient (Wildman–Crippen LogP) is 2.82. The van der Waals surface area contributed by atoms with E-state index in [0.717, 1.165) is 5.56 Å². The molecule has 27 heavy (non-hydrogen) atoms. The maximum absolute atomic E-state index is 14.7. The number of aliphatic carboxylic acids is 1. The van der Waals surface area contributed by atoms with Crippen molar-refractivity contribution in [1.29, 1.82) is 0 Å². The molecule has 7 heteroatoms. The quantitative estimate of drug-likeness (QED) is 0.872. The largest absolute Gasteiger partial charge is 0.497 e. The maximum atomic E-state index is 14.7. The van der Waals surface area contributed by atoms with E-state index in [-0.39, 0.29) is 25.1 Å². The van der Waals surface area contributed by atoms with Crippen LogP contribution in [-0.4, -0.2) is 54.8 Å². The van der Waals surface area contributed by atoms with E-state index in [1.54, 1.807) is 37.4 Å². The molecule has 0 spiro atoms. The third-order valence-corrected chi connectivity index (χ3v) is 4.52. The Morgan fingerprint density at radius 2 is 1.93 bits per heavy atom. The molecule has 1 N–H and O–H groups in total. The van der Waals surface area contributed by atoms with E-state index in [1.165, 1.54) is 17.0 Å². The fourth-order valence-electron chi connectivity index (χ4n) is 3.10. The van der Waals surface area contributed by atoms with E-state index >= 15 is 0 Å². The Morgan fingerprint density at radius 1 is 1.22 bits per heavy atom. The molecule has 1 saturated heterocycles. The normalized spacial score (nSPS) is 16.8. The van der Waals surface area contributed by atoms with Gasteiger partial charge in [-0.05, 0) is 35.4 Å². The fraction of sp³-hybridized carbons (Fsp3) is 0.300. The molecular weight excluding hydrogens is 353 g/mol. The smallest absolute Gasteiger partial charge is 0.305 e. The molecule has 1 fully saturated rings. The number of morpholine rings is 1. The number of carbonyl (C=O) groups is 2. The van der Waals surface area contributed by atoms with Crippen molar-refractivity contribution in [3.05, 3.63) is 53.8 Å². The Hall–Kier alpha value is -2.93. The lowest BCUT2D eigenvalue weighted by Gasteiger charge is -2.35. The number of methoxy groups -OCH3 is 1. The molecule has 0 aliphatic carbocycles. The van der Waals surface area contributed by atoms with Crippen molar-refractivity contribution in [2.24, 2.45) is 0 Å². The van der Waals surface area contributed by atoms with Crippen LogP contribution in [0.2, 0.25) is 0 Å².